The van der Waals surface area contributed by atoms with Gasteiger partial charge in [-0.05, 0) is 51.3 Å². The highest BCUT2D eigenvalue weighted by atomic mass is 16.5. The summed E-state index contributed by atoms with van der Waals surface area (Å²) in [5.41, 5.74) is 2.16. The maximum absolute atomic E-state index is 13.1. The van der Waals surface area contributed by atoms with Crippen LogP contribution in [0.2, 0.25) is 0 Å². The molecule has 2 aromatic rings. The molecule has 1 N–H and O–H groups in total. The lowest BCUT2D eigenvalue weighted by Crippen LogP contribution is -2.50. The molecule has 0 bridgehead atoms. The van der Waals surface area contributed by atoms with Gasteiger partial charge in [0.1, 0.15) is 11.8 Å². The van der Waals surface area contributed by atoms with E-state index in [2.05, 4.69) is 11.4 Å². The van der Waals surface area contributed by atoms with Crippen molar-refractivity contribution < 1.29 is 14.3 Å². The number of ether oxygens (including phenoxy) is 1. The molecule has 0 saturated heterocycles. The Balaban J connectivity index is 2.06. The highest BCUT2D eigenvalue weighted by molar-refractivity contribution is 5.87. The van der Waals surface area contributed by atoms with E-state index in [1.807, 2.05) is 76.2 Å². The van der Waals surface area contributed by atoms with Gasteiger partial charge in [-0.2, -0.15) is 0 Å². The number of hydrogen-bond donors (Lipinski definition) is 1. The molecule has 5 nitrogen and oxygen atoms in total. The molecule has 0 heterocycles. The largest absolute Gasteiger partial charge is 0.494 e. The lowest BCUT2D eigenvalue weighted by atomic mass is 10.1. The van der Waals surface area contributed by atoms with Crippen molar-refractivity contribution in [2.24, 2.45) is 0 Å². The maximum Gasteiger partial charge on any atom is 0.243 e. The molecule has 2 rings (SSSR count). The number of carbonyl (C=O) groups excluding carboxylic acids is 2. The van der Waals surface area contributed by atoms with Gasteiger partial charge in [-0.1, -0.05) is 55.0 Å². The lowest BCUT2D eigenvalue weighted by Gasteiger charge is -2.31. The number of nitrogens with one attached hydrogen (secondary N) is 1. The third-order valence-electron chi connectivity index (χ3n) is 4.80. The summed E-state index contributed by atoms with van der Waals surface area (Å²) >= 11 is 0. The summed E-state index contributed by atoms with van der Waals surface area (Å²) in [5, 5.41) is 2.96. The second kappa shape index (κ2) is 12.0. The molecule has 2 aromatic carbocycles. The average Bonchev–Trinajstić information content (AvgIpc) is 2.71. The van der Waals surface area contributed by atoms with Gasteiger partial charge < -0.3 is 15.0 Å². The SMILES string of the molecule is CCC(C(=O)NC(C)C)N(Cc1cccc(C)c1)C(=O)CCCOc1ccccc1. The van der Waals surface area contributed by atoms with Crippen molar-refractivity contribution in [3.63, 3.8) is 0 Å². The fraction of sp³-hybridized carbons (Fsp3) is 0.440. The molecular formula is C25H34N2O3. The van der Waals surface area contributed by atoms with Crippen LogP contribution < -0.4 is 10.1 Å². The van der Waals surface area contributed by atoms with Crippen LogP contribution >= 0.6 is 0 Å². The van der Waals surface area contributed by atoms with Gasteiger partial charge in [-0.15, -0.1) is 0 Å². The van der Waals surface area contributed by atoms with E-state index in [1.54, 1.807) is 4.90 Å². The second-order valence-electron chi connectivity index (χ2n) is 7.86. The third-order valence-corrected chi connectivity index (χ3v) is 4.80. The highest BCUT2D eigenvalue weighted by Crippen LogP contribution is 2.16. The van der Waals surface area contributed by atoms with Crippen LogP contribution in [0.3, 0.4) is 0 Å². The molecule has 1 unspecified atom stereocenters. The van der Waals surface area contributed by atoms with Gasteiger partial charge >= 0.3 is 0 Å². The van der Waals surface area contributed by atoms with Crippen LogP contribution in [0, 0.1) is 6.92 Å². The average molecular weight is 411 g/mol. The normalized spacial score (nSPS) is 11.8. The van der Waals surface area contributed by atoms with E-state index in [1.165, 1.54) is 0 Å². The summed E-state index contributed by atoms with van der Waals surface area (Å²) in [7, 11) is 0. The molecule has 0 saturated carbocycles. The van der Waals surface area contributed by atoms with Crippen LogP contribution in [0.15, 0.2) is 54.6 Å². The highest BCUT2D eigenvalue weighted by Gasteiger charge is 2.28. The van der Waals surface area contributed by atoms with Crippen molar-refractivity contribution in [2.45, 2.75) is 65.6 Å². The zero-order valence-corrected chi connectivity index (χ0v) is 18.6. The molecule has 0 aliphatic heterocycles. The Labute approximate surface area is 180 Å². The fourth-order valence-electron chi connectivity index (χ4n) is 3.38. The number of hydrogen-bond acceptors (Lipinski definition) is 3. The van der Waals surface area contributed by atoms with Gasteiger partial charge in [0.15, 0.2) is 0 Å². The summed E-state index contributed by atoms with van der Waals surface area (Å²) in [4.78, 5) is 27.6. The van der Waals surface area contributed by atoms with E-state index in [9.17, 15) is 9.59 Å². The molecule has 2 amide bonds. The van der Waals surface area contributed by atoms with E-state index < -0.39 is 6.04 Å². The Morgan fingerprint density at radius 1 is 1.07 bits per heavy atom. The summed E-state index contributed by atoms with van der Waals surface area (Å²) in [6.07, 6.45) is 1.50. The quantitative estimate of drug-likeness (QED) is 0.556. The Bertz CT molecular complexity index is 805. The molecule has 162 valence electrons. The van der Waals surface area contributed by atoms with Crippen molar-refractivity contribution >= 4 is 11.8 Å². The van der Waals surface area contributed by atoms with Gasteiger partial charge in [0.05, 0.1) is 6.61 Å². The zero-order valence-electron chi connectivity index (χ0n) is 18.6. The molecule has 0 aliphatic carbocycles. The lowest BCUT2D eigenvalue weighted by molar-refractivity contribution is -0.141. The molecule has 0 aliphatic rings. The Hall–Kier alpha value is -2.82. The summed E-state index contributed by atoms with van der Waals surface area (Å²) in [5.74, 6) is 0.664. The summed E-state index contributed by atoms with van der Waals surface area (Å²) in [6, 6.07) is 17.2. The van der Waals surface area contributed by atoms with Crippen LogP contribution in [-0.4, -0.2) is 35.4 Å². The molecule has 30 heavy (non-hydrogen) atoms. The van der Waals surface area contributed by atoms with Crippen molar-refractivity contribution in [1.82, 2.24) is 10.2 Å². The fourth-order valence-corrected chi connectivity index (χ4v) is 3.38. The van der Waals surface area contributed by atoms with Crippen molar-refractivity contribution in [3.05, 3.63) is 65.7 Å². The monoisotopic (exact) mass is 410 g/mol. The molecular weight excluding hydrogens is 376 g/mol. The van der Waals surface area contributed by atoms with E-state index in [0.29, 0.717) is 32.4 Å². The van der Waals surface area contributed by atoms with E-state index in [-0.39, 0.29) is 17.9 Å². The molecule has 0 fully saturated rings. The minimum absolute atomic E-state index is 0.0288. The Morgan fingerprint density at radius 3 is 2.43 bits per heavy atom. The van der Waals surface area contributed by atoms with Crippen LogP contribution in [-0.2, 0) is 16.1 Å². The topological polar surface area (TPSA) is 58.6 Å². The summed E-state index contributed by atoms with van der Waals surface area (Å²) < 4.78 is 5.71. The van der Waals surface area contributed by atoms with Crippen LogP contribution in [0.1, 0.15) is 51.2 Å². The molecule has 5 heteroatoms. The van der Waals surface area contributed by atoms with Gasteiger partial charge in [-0.3, -0.25) is 9.59 Å². The zero-order chi connectivity index (χ0) is 21.9. The van der Waals surface area contributed by atoms with E-state index >= 15 is 0 Å². The minimum atomic E-state index is -0.490. The van der Waals surface area contributed by atoms with Crippen molar-refractivity contribution in [3.8, 4) is 5.75 Å². The standard InChI is InChI=1S/C25H34N2O3/c1-5-23(25(29)26-19(2)3)27(18-21-12-9-11-20(4)17-21)24(28)15-10-16-30-22-13-7-6-8-14-22/h6-9,11-14,17,19,23H,5,10,15-16,18H2,1-4H3,(H,26,29). The van der Waals surface area contributed by atoms with Gasteiger partial charge in [0.25, 0.3) is 0 Å². The molecule has 0 radical (unpaired) electrons. The molecule has 0 aromatic heterocycles. The van der Waals surface area contributed by atoms with Gasteiger partial charge in [-0.25, -0.2) is 0 Å². The molecule has 0 spiro atoms. The number of aryl methyl sites for hydroxylation is 1. The first-order valence-corrected chi connectivity index (χ1v) is 10.7. The first kappa shape index (κ1) is 23.5. The number of benzene rings is 2. The van der Waals surface area contributed by atoms with E-state index in [4.69, 9.17) is 4.74 Å². The maximum atomic E-state index is 13.1. The number of amides is 2. The van der Waals surface area contributed by atoms with Crippen molar-refractivity contribution in [1.29, 1.82) is 0 Å². The Morgan fingerprint density at radius 2 is 1.80 bits per heavy atom. The van der Waals surface area contributed by atoms with Gasteiger partial charge in [0.2, 0.25) is 11.8 Å². The molecule has 1 atom stereocenters. The Kier molecular flexibility index (Phi) is 9.39. The smallest absolute Gasteiger partial charge is 0.243 e. The van der Waals surface area contributed by atoms with Crippen LogP contribution in [0.5, 0.6) is 5.75 Å². The number of rotatable bonds is 11. The first-order valence-electron chi connectivity index (χ1n) is 10.7. The summed E-state index contributed by atoms with van der Waals surface area (Å²) in [6.45, 7) is 8.71. The predicted molar refractivity (Wildman–Crippen MR) is 120 cm³/mol. The predicted octanol–water partition coefficient (Wildman–Crippen LogP) is 4.49. The van der Waals surface area contributed by atoms with E-state index in [0.717, 1.165) is 16.9 Å². The second-order valence-corrected chi connectivity index (χ2v) is 7.86. The number of para-hydroxylation sites is 1. The number of nitrogens with zero attached hydrogens (tertiary/aromatic N) is 1. The number of carbonyl (C=O) groups is 2. The minimum Gasteiger partial charge on any atom is -0.494 e. The third kappa shape index (κ3) is 7.54. The first-order chi connectivity index (χ1) is 14.4. The van der Waals surface area contributed by atoms with Crippen molar-refractivity contribution in [2.75, 3.05) is 6.61 Å². The van der Waals surface area contributed by atoms with Crippen LogP contribution in [0.4, 0.5) is 0 Å². The van der Waals surface area contributed by atoms with Crippen LogP contribution in [0.25, 0.3) is 0 Å². The van der Waals surface area contributed by atoms with Gasteiger partial charge in [0, 0.05) is 19.0 Å².